The Labute approximate surface area is 99.6 Å². The van der Waals surface area contributed by atoms with Crippen LogP contribution in [0.2, 0.25) is 0 Å². The largest absolute Gasteiger partial charge is 0.148 e. The lowest BCUT2D eigenvalue weighted by Crippen LogP contribution is -2.30. The standard InChI is InChI=1S/C14H26S/c1-3-13(9-5-6-10-13)15-14(4-2)11-7-8-12-14/h3-12H2,1-2H3. The maximum atomic E-state index is 2.41. The summed E-state index contributed by atoms with van der Waals surface area (Å²) >= 11 is 2.41. The quantitative estimate of drug-likeness (QED) is 0.637. The molecule has 0 unspecified atom stereocenters. The third kappa shape index (κ3) is 2.38. The van der Waals surface area contributed by atoms with Crippen molar-refractivity contribution in [3.8, 4) is 0 Å². The van der Waals surface area contributed by atoms with Crippen molar-refractivity contribution in [2.24, 2.45) is 0 Å². The molecule has 0 atom stereocenters. The Hall–Kier alpha value is 0.350. The SMILES string of the molecule is CCC1(SC2(CC)CCCC2)CCCC1. The van der Waals surface area contributed by atoms with Gasteiger partial charge in [-0.1, -0.05) is 39.5 Å². The molecule has 2 aliphatic rings. The van der Waals surface area contributed by atoms with E-state index in [1.54, 1.807) is 0 Å². The molecule has 2 aliphatic carbocycles. The van der Waals surface area contributed by atoms with Gasteiger partial charge in [0, 0.05) is 9.49 Å². The van der Waals surface area contributed by atoms with Gasteiger partial charge in [-0.3, -0.25) is 0 Å². The average Bonchev–Trinajstić information content (AvgIpc) is 2.89. The summed E-state index contributed by atoms with van der Waals surface area (Å²) in [7, 11) is 0. The van der Waals surface area contributed by atoms with E-state index < -0.39 is 0 Å². The molecule has 0 radical (unpaired) electrons. The lowest BCUT2D eigenvalue weighted by atomic mass is 10.0. The van der Waals surface area contributed by atoms with Gasteiger partial charge in [-0.2, -0.15) is 0 Å². The molecule has 0 bridgehead atoms. The molecule has 15 heavy (non-hydrogen) atoms. The molecule has 0 aromatic carbocycles. The van der Waals surface area contributed by atoms with Crippen LogP contribution in [0.3, 0.4) is 0 Å². The minimum absolute atomic E-state index is 0.681. The zero-order valence-electron chi connectivity index (χ0n) is 10.5. The van der Waals surface area contributed by atoms with Crippen molar-refractivity contribution >= 4 is 11.8 Å². The van der Waals surface area contributed by atoms with E-state index in [0.29, 0.717) is 9.49 Å². The lowest BCUT2D eigenvalue weighted by molar-refractivity contribution is 0.537. The number of thioether (sulfide) groups is 1. The Morgan fingerprint density at radius 2 is 1.07 bits per heavy atom. The fraction of sp³-hybridized carbons (Fsp3) is 1.00. The Bertz CT molecular complexity index is 175. The maximum absolute atomic E-state index is 2.41. The summed E-state index contributed by atoms with van der Waals surface area (Å²) in [5, 5.41) is 0. The summed E-state index contributed by atoms with van der Waals surface area (Å²) in [5.41, 5.74) is 0. The van der Waals surface area contributed by atoms with E-state index in [1.165, 1.54) is 64.2 Å². The Kier molecular flexibility index (Phi) is 3.70. The van der Waals surface area contributed by atoms with Gasteiger partial charge in [0.15, 0.2) is 0 Å². The van der Waals surface area contributed by atoms with E-state index >= 15 is 0 Å². The number of hydrogen-bond acceptors (Lipinski definition) is 1. The molecule has 0 saturated heterocycles. The first kappa shape index (κ1) is 11.8. The molecule has 0 spiro atoms. The molecular formula is C14H26S. The second-order valence-electron chi connectivity index (χ2n) is 5.59. The minimum Gasteiger partial charge on any atom is -0.148 e. The molecule has 1 heteroatoms. The van der Waals surface area contributed by atoms with Crippen molar-refractivity contribution in [3.63, 3.8) is 0 Å². The molecule has 0 nitrogen and oxygen atoms in total. The smallest absolute Gasteiger partial charge is 0.0163 e. The van der Waals surface area contributed by atoms with Gasteiger partial charge in [-0.25, -0.2) is 0 Å². The van der Waals surface area contributed by atoms with E-state index in [-0.39, 0.29) is 0 Å². The average molecular weight is 226 g/mol. The molecule has 0 amide bonds. The second kappa shape index (κ2) is 4.69. The highest BCUT2D eigenvalue weighted by atomic mass is 32.2. The first-order valence-corrected chi connectivity index (χ1v) is 7.76. The molecular weight excluding hydrogens is 200 g/mol. The van der Waals surface area contributed by atoms with Gasteiger partial charge >= 0.3 is 0 Å². The fourth-order valence-corrected chi connectivity index (χ4v) is 5.75. The van der Waals surface area contributed by atoms with Crippen LogP contribution in [0.15, 0.2) is 0 Å². The molecule has 0 aliphatic heterocycles. The highest BCUT2D eigenvalue weighted by molar-refractivity contribution is 8.02. The lowest BCUT2D eigenvalue weighted by Gasteiger charge is -2.38. The van der Waals surface area contributed by atoms with E-state index in [4.69, 9.17) is 0 Å². The summed E-state index contributed by atoms with van der Waals surface area (Å²) in [5.74, 6) is 0. The van der Waals surface area contributed by atoms with Gasteiger partial charge in [0.1, 0.15) is 0 Å². The molecule has 0 N–H and O–H groups in total. The molecule has 2 saturated carbocycles. The van der Waals surface area contributed by atoms with Crippen molar-refractivity contribution in [2.75, 3.05) is 0 Å². The van der Waals surface area contributed by atoms with Gasteiger partial charge in [0.25, 0.3) is 0 Å². The van der Waals surface area contributed by atoms with Crippen molar-refractivity contribution in [3.05, 3.63) is 0 Å². The summed E-state index contributed by atoms with van der Waals surface area (Å²) in [6, 6.07) is 0. The van der Waals surface area contributed by atoms with Crippen LogP contribution in [0.1, 0.15) is 78.1 Å². The molecule has 0 aromatic rings. The van der Waals surface area contributed by atoms with Crippen LogP contribution >= 0.6 is 11.8 Å². The molecule has 2 fully saturated rings. The van der Waals surface area contributed by atoms with Gasteiger partial charge in [-0.15, -0.1) is 11.8 Å². The number of rotatable bonds is 4. The molecule has 0 aromatic heterocycles. The zero-order chi connectivity index (χ0) is 10.8. The topological polar surface area (TPSA) is 0 Å². The van der Waals surface area contributed by atoms with Crippen LogP contribution in [0.4, 0.5) is 0 Å². The Balaban J connectivity index is 2.04. The number of hydrogen-bond donors (Lipinski definition) is 0. The van der Waals surface area contributed by atoms with Gasteiger partial charge in [-0.05, 0) is 38.5 Å². The summed E-state index contributed by atoms with van der Waals surface area (Å²) in [6.07, 6.45) is 14.7. The van der Waals surface area contributed by atoms with Crippen LogP contribution in [0.5, 0.6) is 0 Å². The first-order valence-electron chi connectivity index (χ1n) is 6.94. The van der Waals surface area contributed by atoms with Gasteiger partial charge < -0.3 is 0 Å². The van der Waals surface area contributed by atoms with Crippen molar-refractivity contribution in [2.45, 2.75) is 87.5 Å². The van der Waals surface area contributed by atoms with Crippen LogP contribution in [-0.4, -0.2) is 9.49 Å². The maximum Gasteiger partial charge on any atom is 0.0163 e. The third-order valence-electron chi connectivity index (χ3n) is 4.75. The molecule has 88 valence electrons. The Morgan fingerprint density at radius 3 is 1.33 bits per heavy atom. The van der Waals surface area contributed by atoms with Crippen LogP contribution in [-0.2, 0) is 0 Å². The normalized spacial score (nSPS) is 28.4. The monoisotopic (exact) mass is 226 g/mol. The zero-order valence-corrected chi connectivity index (χ0v) is 11.3. The minimum atomic E-state index is 0.681. The van der Waals surface area contributed by atoms with Crippen molar-refractivity contribution in [1.82, 2.24) is 0 Å². The first-order chi connectivity index (χ1) is 7.24. The van der Waals surface area contributed by atoms with E-state index in [2.05, 4.69) is 25.6 Å². The predicted octanol–water partition coefficient (Wildman–Crippen LogP) is 5.17. The predicted molar refractivity (Wildman–Crippen MR) is 70.6 cm³/mol. The highest BCUT2D eigenvalue weighted by Crippen LogP contribution is 2.55. The fourth-order valence-electron chi connectivity index (χ4n) is 3.55. The molecule has 0 heterocycles. The van der Waals surface area contributed by atoms with Crippen molar-refractivity contribution in [1.29, 1.82) is 0 Å². The Morgan fingerprint density at radius 1 is 0.733 bits per heavy atom. The third-order valence-corrected chi connectivity index (χ3v) is 7.01. The van der Waals surface area contributed by atoms with E-state index in [0.717, 1.165) is 0 Å². The van der Waals surface area contributed by atoms with E-state index in [1.807, 2.05) is 0 Å². The van der Waals surface area contributed by atoms with E-state index in [9.17, 15) is 0 Å². The van der Waals surface area contributed by atoms with Gasteiger partial charge in [0.05, 0.1) is 0 Å². The van der Waals surface area contributed by atoms with Crippen LogP contribution in [0, 0.1) is 0 Å². The molecule has 2 rings (SSSR count). The second-order valence-corrected chi connectivity index (χ2v) is 7.53. The summed E-state index contributed by atoms with van der Waals surface area (Å²) in [6.45, 7) is 4.83. The highest BCUT2D eigenvalue weighted by Gasteiger charge is 2.42. The summed E-state index contributed by atoms with van der Waals surface area (Å²) in [4.78, 5) is 0. The summed E-state index contributed by atoms with van der Waals surface area (Å²) < 4.78 is 1.36. The van der Waals surface area contributed by atoms with Crippen molar-refractivity contribution < 1.29 is 0 Å². The van der Waals surface area contributed by atoms with Gasteiger partial charge in [0.2, 0.25) is 0 Å². The van der Waals surface area contributed by atoms with Crippen LogP contribution in [0.25, 0.3) is 0 Å². The van der Waals surface area contributed by atoms with Crippen LogP contribution < -0.4 is 0 Å².